The van der Waals surface area contributed by atoms with Gasteiger partial charge in [-0.25, -0.2) is 0 Å². The lowest BCUT2D eigenvalue weighted by atomic mass is 9.91. The summed E-state index contributed by atoms with van der Waals surface area (Å²) in [6, 6.07) is 13.9. The third kappa shape index (κ3) is 2.48. The molecule has 0 unspecified atom stereocenters. The van der Waals surface area contributed by atoms with Gasteiger partial charge in [-0.15, -0.1) is 6.58 Å². The Bertz CT molecular complexity index is 452. The van der Waals surface area contributed by atoms with E-state index in [0.717, 1.165) is 17.0 Å². The molecule has 2 N–H and O–H groups in total. The monoisotopic (exact) mass is 225 g/mol. The van der Waals surface area contributed by atoms with E-state index >= 15 is 0 Å². The van der Waals surface area contributed by atoms with Crippen molar-refractivity contribution in [2.75, 3.05) is 0 Å². The van der Waals surface area contributed by atoms with Gasteiger partial charge in [0.15, 0.2) is 0 Å². The van der Waals surface area contributed by atoms with E-state index in [4.69, 9.17) is 0 Å². The number of hydrogen-bond acceptors (Lipinski definition) is 2. The van der Waals surface area contributed by atoms with Crippen LogP contribution in [0, 0.1) is 5.92 Å². The lowest BCUT2D eigenvalue weighted by Crippen LogP contribution is -1.97. The Balaban J connectivity index is 2.36. The van der Waals surface area contributed by atoms with Gasteiger partial charge in [0.1, 0.15) is 11.5 Å². The van der Waals surface area contributed by atoms with Crippen molar-refractivity contribution in [1.29, 1.82) is 0 Å². The molecule has 0 spiro atoms. The molecule has 0 amide bonds. The molecule has 2 nitrogen and oxygen atoms in total. The van der Waals surface area contributed by atoms with Gasteiger partial charge in [0.2, 0.25) is 0 Å². The van der Waals surface area contributed by atoms with Crippen molar-refractivity contribution in [3.63, 3.8) is 0 Å². The van der Waals surface area contributed by atoms with Gasteiger partial charge in [-0.05, 0) is 35.4 Å². The number of benzene rings is 2. The molecule has 2 rings (SSSR count). The maximum atomic E-state index is 9.25. The normalized spacial score (nSPS) is 10.4. The van der Waals surface area contributed by atoms with E-state index in [9.17, 15) is 10.2 Å². The van der Waals surface area contributed by atoms with Crippen LogP contribution in [-0.4, -0.2) is 10.2 Å². The zero-order valence-electron chi connectivity index (χ0n) is 9.30. The summed E-state index contributed by atoms with van der Waals surface area (Å²) >= 11 is 0. The molecule has 17 heavy (non-hydrogen) atoms. The average Bonchev–Trinajstić information content (AvgIpc) is 2.35. The van der Waals surface area contributed by atoms with Crippen LogP contribution >= 0.6 is 0 Å². The first-order valence-corrected chi connectivity index (χ1v) is 5.29. The summed E-state index contributed by atoms with van der Waals surface area (Å²) in [5.74, 6) is 1.44. The smallest absolute Gasteiger partial charge is 0.115 e. The highest BCUT2D eigenvalue weighted by Crippen LogP contribution is 2.27. The molecule has 85 valence electrons. The Labute approximate surface area is 100 Å². The number of rotatable bonds is 3. The fraction of sp³-hybridized carbons (Fsp3) is 0. The Morgan fingerprint density at radius 3 is 1.41 bits per heavy atom. The summed E-state index contributed by atoms with van der Waals surface area (Å²) in [4.78, 5) is 0. The topological polar surface area (TPSA) is 40.5 Å². The molecule has 0 bridgehead atoms. The van der Waals surface area contributed by atoms with Gasteiger partial charge >= 0.3 is 0 Å². The Kier molecular flexibility index (Phi) is 3.15. The van der Waals surface area contributed by atoms with Crippen LogP contribution in [-0.2, 0) is 0 Å². The number of phenols is 2. The minimum atomic E-state index is 0.239. The summed E-state index contributed by atoms with van der Waals surface area (Å²) in [6.45, 7) is 3.80. The molecular weight excluding hydrogens is 212 g/mol. The van der Waals surface area contributed by atoms with Crippen molar-refractivity contribution in [1.82, 2.24) is 0 Å². The van der Waals surface area contributed by atoms with Crippen LogP contribution < -0.4 is 0 Å². The van der Waals surface area contributed by atoms with Gasteiger partial charge in [-0.2, -0.15) is 0 Å². The van der Waals surface area contributed by atoms with E-state index in [0.29, 0.717) is 0 Å². The van der Waals surface area contributed by atoms with Crippen LogP contribution in [0.2, 0.25) is 0 Å². The lowest BCUT2D eigenvalue weighted by Gasteiger charge is -2.12. The fourth-order valence-electron chi connectivity index (χ4n) is 1.68. The molecule has 2 heteroatoms. The first-order chi connectivity index (χ1) is 8.20. The molecule has 0 aliphatic carbocycles. The average molecular weight is 225 g/mol. The van der Waals surface area contributed by atoms with Crippen LogP contribution in [0.25, 0.3) is 0 Å². The van der Waals surface area contributed by atoms with E-state index in [1.165, 1.54) is 0 Å². The number of allylic oxidation sites excluding steroid dienone is 1. The van der Waals surface area contributed by atoms with Gasteiger partial charge in [-0.1, -0.05) is 30.3 Å². The van der Waals surface area contributed by atoms with Crippen molar-refractivity contribution < 1.29 is 10.2 Å². The molecule has 0 saturated heterocycles. The van der Waals surface area contributed by atoms with Crippen molar-refractivity contribution in [3.05, 3.63) is 78.2 Å². The van der Waals surface area contributed by atoms with E-state index in [1.54, 1.807) is 30.3 Å². The van der Waals surface area contributed by atoms with Crippen LogP contribution in [0.4, 0.5) is 0 Å². The number of hydrogen-bond donors (Lipinski definition) is 2. The summed E-state index contributed by atoms with van der Waals surface area (Å²) < 4.78 is 0. The first-order valence-electron chi connectivity index (χ1n) is 5.29. The molecule has 0 saturated carbocycles. The van der Waals surface area contributed by atoms with Gasteiger partial charge in [-0.3, -0.25) is 0 Å². The molecule has 0 aromatic heterocycles. The number of aromatic hydroxyl groups is 2. The fourth-order valence-corrected chi connectivity index (χ4v) is 1.68. The van der Waals surface area contributed by atoms with Crippen LogP contribution in [0.3, 0.4) is 0 Å². The molecule has 1 radical (unpaired) electrons. The third-order valence-electron chi connectivity index (χ3n) is 2.56. The maximum Gasteiger partial charge on any atom is 0.115 e. The second kappa shape index (κ2) is 4.74. The maximum absolute atomic E-state index is 9.25. The Morgan fingerprint density at radius 1 is 0.765 bits per heavy atom. The minimum Gasteiger partial charge on any atom is -0.508 e. The standard InChI is InChI=1S/C15H13O2/c1-2-15(11-3-7-13(16)8-4-11)12-5-9-14(17)10-6-12/h2-10,16-17H,1H2. The van der Waals surface area contributed by atoms with Gasteiger partial charge < -0.3 is 10.2 Å². The van der Waals surface area contributed by atoms with E-state index in [2.05, 4.69) is 6.58 Å². The van der Waals surface area contributed by atoms with Gasteiger partial charge in [0.05, 0.1) is 5.92 Å². The zero-order chi connectivity index (χ0) is 12.3. The van der Waals surface area contributed by atoms with E-state index < -0.39 is 0 Å². The quantitative estimate of drug-likeness (QED) is 0.841. The van der Waals surface area contributed by atoms with E-state index in [1.807, 2.05) is 24.3 Å². The Hall–Kier alpha value is -2.22. The largest absolute Gasteiger partial charge is 0.508 e. The molecule has 0 atom stereocenters. The van der Waals surface area contributed by atoms with Gasteiger partial charge in [0, 0.05) is 0 Å². The summed E-state index contributed by atoms with van der Waals surface area (Å²) in [6.07, 6.45) is 1.76. The number of phenolic OH excluding ortho intramolecular Hbond substituents is 2. The molecule has 0 fully saturated rings. The highest BCUT2D eigenvalue weighted by Gasteiger charge is 2.10. The minimum absolute atomic E-state index is 0.239. The molecule has 2 aromatic rings. The third-order valence-corrected chi connectivity index (χ3v) is 2.56. The molecule has 2 aromatic carbocycles. The van der Waals surface area contributed by atoms with Crippen molar-refractivity contribution in [2.45, 2.75) is 0 Å². The SMILES string of the molecule is C=C[C](c1ccc(O)cc1)c1ccc(O)cc1. The van der Waals surface area contributed by atoms with Crippen molar-refractivity contribution >= 4 is 0 Å². The predicted molar refractivity (Wildman–Crippen MR) is 67.9 cm³/mol. The zero-order valence-corrected chi connectivity index (χ0v) is 9.30. The van der Waals surface area contributed by atoms with E-state index in [-0.39, 0.29) is 11.5 Å². The summed E-state index contributed by atoms with van der Waals surface area (Å²) in [7, 11) is 0. The Morgan fingerprint density at radius 2 is 1.12 bits per heavy atom. The van der Waals surface area contributed by atoms with Crippen LogP contribution in [0.1, 0.15) is 11.1 Å². The molecule has 0 heterocycles. The summed E-state index contributed by atoms with van der Waals surface area (Å²) in [5.41, 5.74) is 1.95. The summed E-state index contributed by atoms with van der Waals surface area (Å²) in [5, 5.41) is 18.5. The highest BCUT2D eigenvalue weighted by molar-refractivity contribution is 5.52. The molecule has 0 aliphatic rings. The first kappa shape index (κ1) is 11.3. The molecular formula is C15H13O2. The second-order valence-electron chi connectivity index (χ2n) is 3.71. The van der Waals surface area contributed by atoms with Gasteiger partial charge in [0.25, 0.3) is 0 Å². The lowest BCUT2D eigenvalue weighted by molar-refractivity contribution is 0.475. The highest BCUT2D eigenvalue weighted by atomic mass is 16.3. The van der Waals surface area contributed by atoms with Crippen molar-refractivity contribution in [2.24, 2.45) is 0 Å². The molecule has 0 aliphatic heterocycles. The second-order valence-corrected chi connectivity index (χ2v) is 3.71. The van der Waals surface area contributed by atoms with Crippen LogP contribution in [0.5, 0.6) is 11.5 Å². The van der Waals surface area contributed by atoms with Crippen molar-refractivity contribution in [3.8, 4) is 11.5 Å². The van der Waals surface area contributed by atoms with Crippen LogP contribution in [0.15, 0.2) is 61.2 Å². The predicted octanol–water partition coefficient (Wildman–Crippen LogP) is 3.25.